The number of fused-ring (bicyclic) bond motifs is 1. The maximum Gasteiger partial charge on any atom is 0.337 e. The van der Waals surface area contributed by atoms with E-state index in [0.717, 1.165) is 40.1 Å². The van der Waals surface area contributed by atoms with E-state index in [2.05, 4.69) is 15.3 Å². The Labute approximate surface area is 160 Å². The van der Waals surface area contributed by atoms with Crippen molar-refractivity contribution in [3.05, 3.63) is 51.8 Å². The summed E-state index contributed by atoms with van der Waals surface area (Å²) in [5.74, 6) is 0.695. The summed E-state index contributed by atoms with van der Waals surface area (Å²) in [5, 5.41) is 3.82. The first kappa shape index (κ1) is 17.6. The second kappa shape index (κ2) is 6.74. The molecule has 0 aliphatic heterocycles. The van der Waals surface area contributed by atoms with E-state index in [1.807, 2.05) is 13.8 Å². The van der Waals surface area contributed by atoms with Gasteiger partial charge in [-0.15, -0.1) is 11.3 Å². The predicted molar refractivity (Wildman–Crippen MR) is 105 cm³/mol. The van der Waals surface area contributed by atoms with Gasteiger partial charge in [0.15, 0.2) is 0 Å². The van der Waals surface area contributed by atoms with Crippen molar-refractivity contribution < 1.29 is 14.3 Å². The Hall–Kier alpha value is -2.80. The quantitative estimate of drug-likeness (QED) is 0.684. The summed E-state index contributed by atoms with van der Waals surface area (Å²) in [6, 6.07) is 6.69. The van der Waals surface area contributed by atoms with Gasteiger partial charge in [-0.3, -0.25) is 4.79 Å². The van der Waals surface area contributed by atoms with Crippen molar-refractivity contribution in [2.45, 2.75) is 32.6 Å². The van der Waals surface area contributed by atoms with Crippen LogP contribution < -0.4 is 5.32 Å². The first-order valence-electron chi connectivity index (χ1n) is 8.75. The molecule has 0 atom stereocenters. The van der Waals surface area contributed by atoms with Gasteiger partial charge in [-0.05, 0) is 50.5 Å². The van der Waals surface area contributed by atoms with Crippen LogP contribution in [0.1, 0.15) is 55.9 Å². The molecular formula is C20H19N3O3S. The SMILES string of the molecule is COC(=O)c1cccc(NC(=O)c2sc3nc(C4CC4)nc(C)c3c2C)c1. The summed E-state index contributed by atoms with van der Waals surface area (Å²) < 4.78 is 4.72. The molecule has 1 aromatic carbocycles. The summed E-state index contributed by atoms with van der Waals surface area (Å²) in [7, 11) is 1.33. The number of anilines is 1. The Balaban J connectivity index is 1.66. The van der Waals surface area contributed by atoms with Crippen LogP contribution in [0.4, 0.5) is 5.69 Å². The van der Waals surface area contributed by atoms with Crippen LogP contribution >= 0.6 is 11.3 Å². The number of esters is 1. The van der Waals surface area contributed by atoms with Crippen LogP contribution in [0.15, 0.2) is 24.3 Å². The number of carbonyl (C=O) groups excluding carboxylic acids is 2. The maximum atomic E-state index is 12.8. The Morgan fingerprint density at radius 2 is 2.00 bits per heavy atom. The van der Waals surface area contributed by atoms with Gasteiger partial charge in [-0.1, -0.05) is 6.07 Å². The third-order valence-electron chi connectivity index (χ3n) is 4.68. The summed E-state index contributed by atoms with van der Waals surface area (Å²) in [5.41, 5.74) is 2.74. The van der Waals surface area contributed by atoms with Crippen molar-refractivity contribution in [1.82, 2.24) is 9.97 Å². The van der Waals surface area contributed by atoms with E-state index in [4.69, 9.17) is 4.74 Å². The van der Waals surface area contributed by atoms with E-state index in [-0.39, 0.29) is 5.91 Å². The van der Waals surface area contributed by atoms with E-state index in [1.165, 1.54) is 18.4 Å². The molecule has 1 aliphatic rings. The fourth-order valence-electron chi connectivity index (χ4n) is 3.13. The lowest BCUT2D eigenvalue weighted by Gasteiger charge is -2.06. The molecule has 1 amide bonds. The summed E-state index contributed by atoms with van der Waals surface area (Å²) in [6.45, 7) is 3.89. The first-order valence-corrected chi connectivity index (χ1v) is 9.57. The summed E-state index contributed by atoms with van der Waals surface area (Å²) in [6.07, 6.45) is 2.28. The molecule has 138 valence electrons. The van der Waals surface area contributed by atoms with Crippen LogP contribution in [0.3, 0.4) is 0 Å². The highest BCUT2D eigenvalue weighted by molar-refractivity contribution is 7.20. The van der Waals surface area contributed by atoms with E-state index in [9.17, 15) is 9.59 Å². The third kappa shape index (κ3) is 3.30. The van der Waals surface area contributed by atoms with Crippen molar-refractivity contribution in [2.75, 3.05) is 12.4 Å². The number of hydrogen-bond acceptors (Lipinski definition) is 6. The van der Waals surface area contributed by atoms with Crippen LogP contribution in [-0.4, -0.2) is 29.0 Å². The van der Waals surface area contributed by atoms with Gasteiger partial charge in [0, 0.05) is 17.0 Å². The number of ether oxygens (including phenoxy) is 1. The molecule has 1 N–H and O–H groups in total. The Morgan fingerprint density at radius 1 is 1.22 bits per heavy atom. The standard InChI is InChI=1S/C20H19N3O3S/c1-10-15-11(2)21-17(12-7-8-12)23-19(15)27-16(10)18(24)22-14-6-4-5-13(9-14)20(25)26-3/h4-6,9,12H,7-8H2,1-3H3,(H,22,24). The molecule has 0 bridgehead atoms. The molecule has 7 heteroatoms. The van der Waals surface area contributed by atoms with Crippen molar-refractivity contribution in [3.63, 3.8) is 0 Å². The highest BCUT2D eigenvalue weighted by Gasteiger charge is 2.28. The van der Waals surface area contributed by atoms with Crippen molar-refractivity contribution in [2.24, 2.45) is 0 Å². The number of rotatable bonds is 4. The minimum atomic E-state index is -0.442. The Bertz CT molecular complexity index is 1070. The van der Waals surface area contributed by atoms with Crippen LogP contribution in [0.5, 0.6) is 0 Å². The number of methoxy groups -OCH3 is 1. The van der Waals surface area contributed by atoms with Gasteiger partial charge in [0.1, 0.15) is 10.7 Å². The zero-order valence-corrected chi connectivity index (χ0v) is 16.1. The lowest BCUT2D eigenvalue weighted by molar-refractivity contribution is 0.0600. The first-order chi connectivity index (χ1) is 13.0. The molecule has 0 spiro atoms. The van der Waals surface area contributed by atoms with Crippen LogP contribution in [-0.2, 0) is 4.74 Å². The molecule has 2 heterocycles. The third-order valence-corrected chi connectivity index (χ3v) is 5.86. The molecule has 4 rings (SSSR count). The van der Waals surface area contributed by atoms with Gasteiger partial charge in [0.25, 0.3) is 5.91 Å². The second-order valence-corrected chi connectivity index (χ2v) is 7.70. The molecule has 27 heavy (non-hydrogen) atoms. The molecule has 0 unspecified atom stereocenters. The fourth-order valence-corrected chi connectivity index (χ4v) is 4.26. The molecule has 0 radical (unpaired) electrons. The monoisotopic (exact) mass is 381 g/mol. The normalized spacial score (nSPS) is 13.6. The molecule has 1 aliphatic carbocycles. The van der Waals surface area contributed by atoms with Gasteiger partial charge in [0.05, 0.1) is 23.2 Å². The highest BCUT2D eigenvalue weighted by Crippen LogP contribution is 2.40. The lowest BCUT2D eigenvalue weighted by Crippen LogP contribution is -2.12. The molecule has 6 nitrogen and oxygen atoms in total. The smallest absolute Gasteiger partial charge is 0.337 e. The van der Waals surface area contributed by atoms with E-state index >= 15 is 0 Å². The second-order valence-electron chi connectivity index (χ2n) is 6.70. The summed E-state index contributed by atoms with van der Waals surface area (Å²) >= 11 is 1.38. The number of aromatic nitrogens is 2. The number of aryl methyl sites for hydroxylation is 2. The summed E-state index contributed by atoms with van der Waals surface area (Å²) in [4.78, 5) is 35.3. The van der Waals surface area contributed by atoms with Gasteiger partial charge in [0.2, 0.25) is 0 Å². The topological polar surface area (TPSA) is 81.2 Å². The average Bonchev–Trinajstić information content (AvgIpc) is 3.45. The van der Waals surface area contributed by atoms with E-state index < -0.39 is 5.97 Å². The molecule has 1 fully saturated rings. The van der Waals surface area contributed by atoms with Crippen LogP contribution in [0.2, 0.25) is 0 Å². The van der Waals surface area contributed by atoms with Gasteiger partial charge >= 0.3 is 5.97 Å². The highest BCUT2D eigenvalue weighted by atomic mass is 32.1. The number of carbonyl (C=O) groups is 2. The molecule has 1 saturated carbocycles. The maximum absolute atomic E-state index is 12.8. The minimum absolute atomic E-state index is 0.218. The number of nitrogens with one attached hydrogen (secondary N) is 1. The zero-order valence-electron chi connectivity index (χ0n) is 15.3. The van der Waals surface area contributed by atoms with Gasteiger partial charge in [-0.2, -0.15) is 0 Å². The predicted octanol–water partition coefficient (Wildman–Crippen LogP) is 4.22. The Kier molecular flexibility index (Phi) is 4.39. The number of benzene rings is 1. The van der Waals surface area contributed by atoms with Crippen molar-refractivity contribution >= 4 is 39.1 Å². The molecule has 0 saturated heterocycles. The fraction of sp³-hybridized carbons (Fsp3) is 0.300. The Morgan fingerprint density at radius 3 is 2.70 bits per heavy atom. The van der Waals surface area contributed by atoms with Crippen LogP contribution in [0.25, 0.3) is 10.2 Å². The number of nitrogens with zero attached hydrogens (tertiary/aromatic N) is 2. The largest absolute Gasteiger partial charge is 0.465 e. The van der Waals surface area contributed by atoms with E-state index in [0.29, 0.717) is 22.0 Å². The molecule has 3 aromatic rings. The minimum Gasteiger partial charge on any atom is -0.465 e. The average molecular weight is 381 g/mol. The van der Waals surface area contributed by atoms with Gasteiger partial charge in [-0.25, -0.2) is 14.8 Å². The molecule has 2 aromatic heterocycles. The lowest BCUT2D eigenvalue weighted by atomic mass is 10.1. The number of hydrogen-bond donors (Lipinski definition) is 1. The number of thiophene rings is 1. The van der Waals surface area contributed by atoms with Crippen molar-refractivity contribution in [1.29, 1.82) is 0 Å². The number of amides is 1. The van der Waals surface area contributed by atoms with Crippen LogP contribution in [0, 0.1) is 13.8 Å². The van der Waals surface area contributed by atoms with Gasteiger partial charge < -0.3 is 10.1 Å². The molecular weight excluding hydrogens is 362 g/mol. The van der Waals surface area contributed by atoms with Crippen molar-refractivity contribution in [3.8, 4) is 0 Å². The van der Waals surface area contributed by atoms with E-state index in [1.54, 1.807) is 24.3 Å². The zero-order chi connectivity index (χ0) is 19.1.